The topological polar surface area (TPSA) is 184 Å². The van der Waals surface area contributed by atoms with Crippen LogP contribution < -0.4 is 21.3 Å². The van der Waals surface area contributed by atoms with Gasteiger partial charge in [-0.25, -0.2) is 43.1 Å². The van der Waals surface area contributed by atoms with Gasteiger partial charge in [-0.15, -0.1) is 0 Å². The number of hydrogen-bond donors (Lipinski definition) is 5. The van der Waals surface area contributed by atoms with Crippen LogP contribution in [0.5, 0.6) is 5.75 Å². The van der Waals surface area contributed by atoms with Gasteiger partial charge in [0.2, 0.25) is 0 Å². The average molecular weight is 1660 g/mol. The van der Waals surface area contributed by atoms with Gasteiger partial charge >= 0.3 is 0 Å². The number of piperidine rings is 1. The summed E-state index contributed by atoms with van der Waals surface area (Å²) in [5.41, 5.74) is 19.2. The minimum absolute atomic E-state index is 0.179. The Kier molecular flexibility index (Phi) is 35.0. The van der Waals surface area contributed by atoms with Crippen LogP contribution in [0.15, 0.2) is 243 Å². The first-order chi connectivity index (χ1) is 60.3. The van der Waals surface area contributed by atoms with Crippen LogP contribution in [-0.2, 0) is 77.5 Å². The molecule has 0 radical (unpaired) electrons. The number of aromatic nitrogens is 8. The highest BCUT2D eigenvalue weighted by molar-refractivity contribution is 5.65. The Hall–Kier alpha value is -10.7. The molecule has 5 N–H and O–H groups in total. The first-order valence-corrected chi connectivity index (χ1v) is 44.7. The van der Waals surface area contributed by atoms with Crippen molar-refractivity contribution >= 4 is 0 Å². The number of benzene rings is 7. The maximum atomic E-state index is 13.8. The van der Waals surface area contributed by atoms with Gasteiger partial charge in [-0.05, 0) is 275 Å². The third-order valence-corrected chi connectivity index (χ3v) is 23.9. The number of piperazine rings is 3. The molecule has 7 aromatic carbocycles. The first-order valence-electron chi connectivity index (χ1n) is 44.7. The van der Waals surface area contributed by atoms with Gasteiger partial charge in [0.1, 0.15) is 40.7 Å². The lowest BCUT2D eigenvalue weighted by atomic mass is 10.0. The summed E-state index contributed by atoms with van der Waals surface area (Å²) in [5, 5.41) is 23.3. The standard InChI is InChI=1S/C26H31FN4.C26H33N5.C26H31N3O.C25H28F2N4/c1-2-24-18-28-14-15-31(24)19-21-8-3-9-22(16-21)25-12-13-29-26(30-25)11-5-7-20-6-4-10-23(27)17-20;1-2-31(24-11-16-28-17-12-24)20-22-6-3-7-23(19-22)25-13-18-29-26(30-25)8-4-5-21-9-14-27-15-10-21;1-20-18-27-14-15-29(20)19-22-5-2-6-23(16-22)24-12-13-28-25(17-24)7-3-4-21-8-10-26(30)11-9-21;1-18-16-28-12-13-31(18)17-19-4-2-6-21(14-19)24-10-11-29-25(30-24)7-3-5-20-15-22(26)8-9-23(20)27/h3-4,6,8-10,12-13,16-17,24,28H,2,5,7,11,14-15,18-19H2,1H3;3,6-7,9-10,13-15,18-19,24,28H,2,4-5,8,11-12,16-17,20H2,1H3;2,5-6,8-13,16-17,20,27,30H,3-4,7,14-15,18-19H2,1H3;2,4,6,8-11,14-15,18,28H,3,5,7,12-13,16-17H2,1H3/t;;20-;18-/m..00/s1. The van der Waals surface area contributed by atoms with Crippen molar-refractivity contribution < 1.29 is 18.3 Å². The monoisotopic (exact) mass is 1660 g/mol. The van der Waals surface area contributed by atoms with Gasteiger partial charge in [0.05, 0.1) is 17.1 Å². The largest absolute Gasteiger partial charge is 0.508 e. The van der Waals surface area contributed by atoms with Crippen molar-refractivity contribution in [2.24, 2.45) is 0 Å². The molecule has 0 aliphatic carbocycles. The molecule has 0 saturated carbocycles. The Morgan fingerprint density at radius 2 is 0.854 bits per heavy atom. The minimum atomic E-state index is -0.412. The molecule has 12 aromatic rings. The van der Waals surface area contributed by atoms with Crippen molar-refractivity contribution in [2.45, 2.75) is 174 Å². The molecule has 4 aliphatic heterocycles. The van der Waals surface area contributed by atoms with Crippen molar-refractivity contribution in [3.05, 3.63) is 329 Å². The maximum absolute atomic E-state index is 13.8. The Morgan fingerprint density at radius 1 is 0.390 bits per heavy atom. The summed E-state index contributed by atoms with van der Waals surface area (Å²) < 4.78 is 40.5. The predicted molar refractivity (Wildman–Crippen MR) is 490 cm³/mol. The van der Waals surface area contributed by atoms with Crippen molar-refractivity contribution in [3.63, 3.8) is 0 Å². The SMILES string of the molecule is CCC1CNCCN1Cc1cccc(-c2ccnc(CCCc3cccc(F)c3)n2)c1.CCN(Cc1cccc(-c2ccnc(CCCc3ccncc3)n2)c1)C1CCNCC1.C[C@H]1CNCCN1Cc1cccc(-c2ccnc(CCCc3cc(F)ccc3F)n2)c1.C[C@H]1CNCCN1Cc1cccc(-c2ccnc(CCCc3ccc(O)cc3)c2)c1. The molecule has 4 fully saturated rings. The molecule has 3 atom stereocenters. The number of pyridine rings is 2. The van der Waals surface area contributed by atoms with Gasteiger partial charge in [-0.1, -0.05) is 111 Å². The van der Waals surface area contributed by atoms with E-state index in [1.807, 2.05) is 67.4 Å². The third kappa shape index (κ3) is 28.7. The van der Waals surface area contributed by atoms with Crippen LogP contribution >= 0.6 is 0 Å². The summed E-state index contributed by atoms with van der Waals surface area (Å²) in [4.78, 5) is 46.6. The maximum Gasteiger partial charge on any atom is 0.128 e. The number of phenolic OH excluding ortho intramolecular Hbond substituents is 1. The lowest BCUT2D eigenvalue weighted by Gasteiger charge is -2.35. The van der Waals surface area contributed by atoms with Crippen LogP contribution in [0.25, 0.3) is 44.9 Å². The van der Waals surface area contributed by atoms with E-state index < -0.39 is 5.82 Å². The van der Waals surface area contributed by atoms with E-state index in [-0.39, 0.29) is 11.6 Å². The highest BCUT2D eigenvalue weighted by Gasteiger charge is 2.24. The van der Waals surface area contributed by atoms with E-state index in [2.05, 4.69) is 215 Å². The molecular weight excluding hydrogens is 1530 g/mol. The Labute approximate surface area is 727 Å². The third-order valence-electron chi connectivity index (χ3n) is 23.9. The fraction of sp³-hybridized carbons (Fsp3) is 0.379. The van der Waals surface area contributed by atoms with E-state index in [0.29, 0.717) is 54.7 Å². The summed E-state index contributed by atoms with van der Waals surface area (Å²) in [6, 6.07) is 69.6. The number of halogens is 3. The molecule has 4 saturated heterocycles. The van der Waals surface area contributed by atoms with Crippen LogP contribution in [0.4, 0.5) is 13.2 Å². The summed E-state index contributed by atoms with van der Waals surface area (Å²) in [5.74, 6) is 1.84. The average Bonchev–Trinajstić information content (AvgIpc) is 0.849. The van der Waals surface area contributed by atoms with Gasteiger partial charge in [0, 0.05) is 188 Å². The van der Waals surface area contributed by atoms with Crippen molar-refractivity contribution in [3.8, 4) is 50.6 Å². The van der Waals surface area contributed by atoms with E-state index >= 15 is 0 Å². The lowest BCUT2D eigenvalue weighted by Crippen LogP contribution is -2.50. The molecule has 123 heavy (non-hydrogen) atoms. The molecule has 17 nitrogen and oxygen atoms in total. The zero-order valence-electron chi connectivity index (χ0n) is 72.3. The number of aryl methyl sites for hydroxylation is 8. The van der Waals surface area contributed by atoms with E-state index in [0.717, 1.165) is 232 Å². The van der Waals surface area contributed by atoms with Gasteiger partial charge in [-0.2, -0.15) is 0 Å². The predicted octanol–water partition coefficient (Wildman–Crippen LogP) is 17.7. The molecular formula is C103H123F3N16O. The zero-order valence-corrected chi connectivity index (χ0v) is 72.3. The van der Waals surface area contributed by atoms with E-state index in [9.17, 15) is 18.3 Å². The van der Waals surface area contributed by atoms with Crippen LogP contribution in [0.1, 0.15) is 140 Å². The normalized spacial score (nSPS) is 16.5. The number of nitrogens with zero attached hydrogens (tertiary/aromatic N) is 12. The van der Waals surface area contributed by atoms with Crippen LogP contribution in [0.3, 0.4) is 0 Å². The summed E-state index contributed by atoms with van der Waals surface area (Å²) >= 11 is 0. The van der Waals surface area contributed by atoms with E-state index in [1.54, 1.807) is 30.5 Å². The van der Waals surface area contributed by atoms with Crippen LogP contribution in [0.2, 0.25) is 0 Å². The molecule has 20 heteroatoms. The quantitative estimate of drug-likeness (QED) is 0.0276. The number of hydrogen-bond acceptors (Lipinski definition) is 17. The second-order valence-electron chi connectivity index (χ2n) is 33.0. The van der Waals surface area contributed by atoms with E-state index in [1.165, 1.54) is 81.1 Å². The summed E-state index contributed by atoms with van der Waals surface area (Å²) in [6.07, 6.45) is 24.9. The Bertz CT molecular complexity index is 5190. The number of nitrogens with one attached hydrogen (secondary N) is 4. The summed E-state index contributed by atoms with van der Waals surface area (Å²) in [6.45, 7) is 25.9. The van der Waals surface area contributed by atoms with E-state index in [4.69, 9.17) is 15.0 Å². The second kappa shape index (κ2) is 47.8. The molecule has 642 valence electrons. The highest BCUT2D eigenvalue weighted by atomic mass is 19.1. The fourth-order valence-corrected chi connectivity index (χ4v) is 16.9. The lowest BCUT2D eigenvalue weighted by molar-refractivity contribution is 0.149. The molecule has 4 aliphatic rings. The second-order valence-corrected chi connectivity index (χ2v) is 33.0. The van der Waals surface area contributed by atoms with Gasteiger partial charge in [0.15, 0.2) is 0 Å². The Morgan fingerprint density at radius 3 is 1.41 bits per heavy atom. The van der Waals surface area contributed by atoms with Crippen LogP contribution in [-0.4, -0.2) is 167 Å². The number of phenols is 1. The Balaban J connectivity index is 0.000000141. The molecule has 1 unspecified atom stereocenters. The molecule has 0 bridgehead atoms. The van der Waals surface area contributed by atoms with Crippen LogP contribution in [0, 0.1) is 17.5 Å². The van der Waals surface area contributed by atoms with Crippen molar-refractivity contribution in [1.82, 2.24) is 80.7 Å². The molecule has 0 amide bonds. The fourth-order valence-electron chi connectivity index (χ4n) is 16.9. The van der Waals surface area contributed by atoms with Crippen molar-refractivity contribution in [2.75, 3.05) is 78.5 Å². The number of rotatable bonds is 31. The summed E-state index contributed by atoms with van der Waals surface area (Å²) in [7, 11) is 0. The molecule has 0 spiro atoms. The first kappa shape index (κ1) is 90.1. The molecule has 16 rings (SSSR count). The van der Waals surface area contributed by atoms with Gasteiger partial charge < -0.3 is 26.4 Å². The van der Waals surface area contributed by atoms with Gasteiger partial charge in [0.25, 0.3) is 0 Å². The molecule has 5 aromatic heterocycles. The van der Waals surface area contributed by atoms with Gasteiger partial charge in [-0.3, -0.25) is 29.6 Å². The molecule has 9 heterocycles. The smallest absolute Gasteiger partial charge is 0.128 e. The highest BCUT2D eigenvalue weighted by Crippen LogP contribution is 2.28. The minimum Gasteiger partial charge on any atom is -0.508 e. The van der Waals surface area contributed by atoms with Crippen molar-refractivity contribution in [1.29, 1.82) is 0 Å². The zero-order chi connectivity index (χ0) is 85.2. The number of aromatic hydroxyl groups is 1.